The highest BCUT2D eigenvalue weighted by Gasteiger charge is 2.44. The number of aliphatic hydroxyl groups is 1. The molecular formula is C38H53N5O6S. The van der Waals surface area contributed by atoms with E-state index in [-0.39, 0.29) is 37.1 Å². The Morgan fingerprint density at radius 3 is 2.32 bits per heavy atom. The maximum atomic E-state index is 14.0. The molecule has 0 saturated carbocycles. The zero-order valence-corrected chi connectivity index (χ0v) is 30.6. The first-order valence-corrected chi connectivity index (χ1v) is 18.6. The van der Waals surface area contributed by atoms with Gasteiger partial charge in [-0.3, -0.25) is 4.79 Å². The van der Waals surface area contributed by atoms with Gasteiger partial charge in [-0.15, -0.1) is 11.3 Å². The number of hydrogen-bond acceptors (Lipinski definition) is 10. The zero-order valence-electron chi connectivity index (χ0n) is 29.8. The molecular weight excluding hydrogens is 655 g/mol. The molecule has 0 bridgehead atoms. The Labute approximate surface area is 300 Å². The molecule has 4 N–H and O–H groups in total. The SMILES string of the molecule is CC(C)c1nc(CN(C)N[C@H](C(=O)N[C@@H](Cc2ccccc2)C[C@H](O)[C@H](Cc2ccccc2)NC(=O)OC2COC3OCCC23)C(C)C)cs1. The number of aliphatic hydroxyl groups excluding tert-OH is 1. The number of thiazole rings is 1. The van der Waals surface area contributed by atoms with Crippen LogP contribution >= 0.6 is 11.3 Å². The summed E-state index contributed by atoms with van der Waals surface area (Å²) in [4.78, 5) is 32.0. The minimum absolute atomic E-state index is 0.00397. The number of ether oxygens (including phenoxy) is 3. The largest absolute Gasteiger partial charge is 0.443 e. The van der Waals surface area contributed by atoms with Crippen molar-refractivity contribution in [1.82, 2.24) is 26.1 Å². The van der Waals surface area contributed by atoms with Gasteiger partial charge in [-0.2, -0.15) is 0 Å². The summed E-state index contributed by atoms with van der Waals surface area (Å²) in [6.45, 7) is 9.68. The van der Waals surface area contributed by atoms with Crippen molar-refractivity contribution >= 4 is 23.3 Å². The molecule has 2 aromatic carbocycles. The smallest absolute Gasteiger partial charge is 0.407 e. The van der Waals surface area contributed by atoms with Gasteiger partial charge in [0.2, 0.25) is 5.91 Å². The Hall–Kier alpha value is -3.39. The summed E-state index contributed by atoms with van der Waals surface area (Å²) in [5, 5.41) is 23.0. The summed E-state index contributed by atoms with van der Waals surface area (Å²) in [7, 11) is 1.92. The van der Waals surface area contributed by atoms with E-state index >= 15 is 0 Å². The number of carbonyl (C=O) groups is 2. The van der Waals surface area contributed by atoms with Crippen LogP contribution in [0.25, 0.3) is 0 Å². The molecule has 3 heterocycles. The average Bonchev–Trinajstić information content (AvgIpc) is 3.83. The second-order valence-corrected chi connectivity index (χ2v) is 15.0. The van der Waals surface area contributed by atoms with Crippen molar-refractivity contribution in [2.45, 2.75) is 102 Å². The van der Waals surface area contributed by atoms with E-state index in [4.69, 9.17) is 19.2 Å². The maximum absolute atomic E-state index is 14.0. The van der Waals surface area contributed by atoms with Crippen LogP contribution in [-0.2, 0) is 38.4 Å². The lowest BCUT2D eigenvalue weighted by Gasteiger charge is -2.31. The van der Waals surface area contributed by atoms with Crippen LogP contribution in [0.5, 0.6) is 0 Å². The monoisotopic (exact) mass is 707 g/mol. The summed E-state index contributed by atoms with van der Waals surface area (Å²) in [6.07, 6.45) is -0.480. The van der Waals surface area contributed by atoms with Gasteiger partial charge < -0.3 is 30.0 Å². The molecule has 7 atom stereocenters. The van der Waals surface area contributed by atoms with Crippen LogP contribution in [-0.4, -0.2) is 84.0 Å². The van der Waals surface area contributed by atoms with Crippen LogP contribution in [0.2, 0.25) is 0 Å². The van der Waals surface area contributed by atoms with Crippen LogP contribution in [0.15, 0.2) is 66.0 Å². The Balaban J connectivity index is 1.27. The molecule has 11 nitrogen and oxygen atoms in total. The first kappa shape index (κ1) is 37.9. The minimum Gasteiger partial charge on any atom is -0.443 e. The van der Waals surface area contributed by atoms with E-state index in [1.165, 1.54) is 0 Å². The van der Waals surface area contributed by atoms with E-state index < -0.39 is 36.4 Å². The normalized spacial score (nSPS) is 21.2. The summed E-state index contributed by atoms with van der Waals surface area (Å²) in [6, 6.07) is 18.0. The number of alkyl carbamates (subject to hydrolysis) is 1. The molecule has 5 rings (SSSR count). The second kappa shape index (κ2) is 18.2. The number of nitrogens with one attached hydrogen (secondary N) is 3. The van der Waals surface area contributed by atoms with Crippen LogP contribution in [0, 0.1) is 11.8 Å². The van der Waals surface area contributed by atoms with Gasteiger partial charge in [0.05, 0.1) is 48.5 Å². The molecule has 2 fully saturated rings. The summed E-state index contributed by atoms with van der Waals surface area (Å²) in [5.41, 5.74) is 6.33. The molecule has 3 aromatic rings. The van der Waals surface area contributed by atoms with Crippen molar-refractivity contribution in [3.8, 4) is 0 Å². The zero-order chi connectivity index (χ0) is 35.6. The number of nitrogens with zero attached hydrogens (tertiary/aromatic N) is 2. The van der Waals surface area contributed by atoms with Crippen LogP contribution in [0.3, 0.4) is 0 Å². The number of hydrogen-bond donors (Lipinski definition) is 4. The maximum Gasteiger partial charge on any atom is 0.407 e. The molecule has 2 aliphatic rings. The highest BCUT2D eigenvalue weighted by Crippen LogP contribution is 2.33. The number of benzene rings is 2. The van der Waals surface area contributed by atoms with Crippen molar-refractivity contribution in [1.29, 1.82) is 0 Å². The molecule has 272 valence electrons. The third-order valence-corrected chi connectivity index (χ3v) is 10.5. The molecule has 1 aromatic heterocycles. The van der Waals surface area contributed by atoms with E-state index in [1.807, 2.05) is 86.6 Å². The topological polar surface area (TPSA) is 134 Å². The van der Waals surface area contributed by atoms with Crippen LogP contribution in [0.1, 0.15) is 68.3 Å². The fourth-order valence-corrected chi connectivity index (χ4v) is 7.38. The summed E-state index contributed by atoms with van der Waals surface area (Å²) < 4.78 is 17.0. The number of hydrazine groups is 1. The Bertz CT molecular complexity index is 1490. The predicted molar refractivity (Wildman–Crippen MR) is 193 cm³/mol. The Morgan fingerprint density at radius 2 is 1.68 bits per heavy atom. The molecule has 2 aliphatic heterocycles. The highest BCUT2D eigenvalue weighted by molar-refractivity contribution is 7.09. The molecule has 0 aliphatic carbocycles. The molecule has 12 heteroatoms. The Morgan fingerprint density at radius 1 is 1.00 bits per heavy atom. The lowest BCUT2D eigenvalue weighted by Crippen LogP contribution is -2.56. The van der Waals surface area contributed by atoms with Crippen molar-refractivity contribution in [2.24, 2.45) is 11.8 Å². The quantitative estimate of drug-likeness (QED) is 0.146. The van der Waals surface area contributed by atoms with Crippen molar-refractivity contribution < 1.29 is 28.9 Å². The van der Waals surface area contributed by atoms with Crippen molar-refractivity contribution in [3.63, 3.8) is 0 Å². The molecule has 0 radical (unpaired) electrons. The van der Waals surface area contributed by atoms with E-state index in [2.05, 4.69) is 35.3 Å². The van der Waals surface area contributed by atoms with Gasteiger partial charge >= 0.3 is 6.09 Å². The van der Waals surface area contributed by atoms with E-state index in [0.717, 1.165) is 28.2 Å². The van der Waals surface area contributed by atoms with Crippen molar-refractivity contribution in [3.05, 3.63) is 87.9 Å². The number of carbonyl (C=O) groups excluding carboxylic acids is 2. The third kappa shape index (κ3) is 10.8. The van der Waals surface area contributed by atoms with Gasteiger partial charge in [0.1, 0.15) is 12.1 Å². The highest BCUT2D eigenvalue weighted by atomic mass is 32.1. The fourth-order valence-electron chi connectivity index (χ4n) is 6.56. The van der Waals surface area contributed by atoms with Gasteiger partial charge in [-0.05, 0) is 42.7 Å². The van der Waals surface area contributed by atoms with Gasteiger partial charge in [0.15, 0.2) is 6.29 Å². The van der Waals surface area contributed by atoms with E-state index in [0.29, 0.717) is 31.9 Å². The van der Waals surface area contributed by atoms with Gasteiger partial charge in [0, 0.05) is 24.4 Å². The first-order chi connectivity index (χ1) is 24.0. The number of amides is 2. The first-order valence-electron chi connectivity index (χ1n) is 17.7. The van der Waals surface area contributed by atoms with Gasteiger partial charge in [0.25, 0.3) is 0 Å². The van der Waals surface area contributed by atoms with Crippen LogP contribution in [0.4, 0.5) is 4.79 Å². The minimum atomic E-state index is -0.993. The molecule has 0 spiro atoms. The third-order valence-electron chi connectivity index (χ3n) is 9.28. The standard InChI is InChI=1S/C38H53N5O6S/c1-24(2)34(42-43(5)21-29-23-50-36(40-29)25(3)4)35(45)39-28(18-26-12-8-6-9-13-26)20-32(44)31(19-27-14-10-7-11-15-27)41-38(46)49-33-22-48-37-30(33)16-17-47-37/h6-15,23-25,28,30-34,37,42,44H,16-22H2,1-5H3,(H,39,45)(H,41,46)/t28-,30?,31-,32-,33?,34-,37?/m0/s1. The number of aromatic nitrogens is 1. The lowest BCUT2D eigenvalue weighted by molar-refractivity contribution is -0.126. The summed E-state index contributed by atoms with van der Waals surface area (Å²) in [5.74, 6) is 0.183. The van der Waals surface area contributed by atoms with Crippen LogP contribution < -0.4 is 16.1 Å². The summed E-state index contributed by atoms with van der Waals surface area (Å²) >= 11 is 1.65. The average molecular weight is 708 g/mol. The Kier molecular flexibility index (Phi) is 13.8. The predicted octanol–water partition coefficient (Wildman–Crippen LogP) is 4.80. The van der Waals surface area contributed by atoms with Crippen molar-refractivity contribution in [2.75, 3.05) is 20.3 Å². The van der Waals surface area contributed by atoms with E-state index in [1.54, 1.807) is 11.3 Å². The van der Waals surface area contributed by atoms with E-state index in [9.17, 15) is 14.7 Å². The van der Waals surface area contributed by atoms with Gasteiger partial charge in [-0.1, -0.05) is 88.4 Å². The fraction of sp³-hybridized carbons (Fsp3) is 0.553. The lowest BCUT2D eigenvalue weighted by atomic mass is 9.93. The molecule has 3 unspecified atom stereocenters. The molecule has 2 saturated heterocycles. The number of rotatable bonds is 17. The molecule has 50 heavy (non-hydrogen) atoms. The number of fused-ring (bicyclic) bond motifs is 1. The van der Waals surface area contributed by atoms with Gasteiger partial charge in [-0.25, -0.2) is 20.2 Å². The second-order valence-electron chi connectivity index (χ2n) is 14.1. The molecule has 2 amide bonds.